The maximum absolute atomic E-state index is 12.8. The highest BCUT2D eigenvalue weighted by Crippen LogP contribution is 2.35. The highest BCUT2D eigenvalue weighted by molar-refractivity contribution is 5.34. The fraction of sp³-hybridized carbons (Fsp3) is 0.167. The minimum absolute atomic E-state index is 0.267. The Balaban J connectivity index is 2.46. The van der Waals surface area contributed by atoms with Gasteiger partial charge in [-0.1, -0.05) is 0 Å². The molecular weight excluding hydrogens is 245 g/mol. The lowest BCUT2D eigenvalue weighted by molar-refractivity contribution is -0.139. The first-order valence-electron chi connectivity index (χ1n) is 5.09. The molecule has 3 nitrogen and oxygen atoms in total. The van der Waals surface area contributed by atoms with Gasteiger partial charge < -0.3 is 5.11 Å². The van der Waals surface area contributed by atoms with Crippen molar-refractivity contribution in [2.24, 2.45) is 0 Å². The number of aliphatic hydroxyl groups excluding tert-OH is 1. The molecule has 18 heavy (non-hydrogen) atoms. The number of halogens is 3. The average Bonchev–Trinajstić information content (AvgIpc) is 2.38. The van der Waals surface area contributed by atoms with E-state index in [2.05, 4.69) is 9.97 Å². The molecule has 0 spiro atoms. The van der Waals surface area contributed by atoms with Gasteiger partial charge in [0.05, 0.1) is 5.56 Å². The van der Waals surface area contributed by atoms with Gasteiger partial charge in [-0.05, 0) is 23.8 Å². The Morgan fingerprint density at radius 3 is 2.22 bits per heavy atom. The first-order valence-corrected chi connectivity index (χ1v) is 5.09. The van der Waals surface area contributed by atoms with E-state index in [0.717, 1.165) is 18.5 Å². The van der Waals surface area contributed by atoms with Gasteiger partial charge in [-0.2, -0.15) is 13.2 Å². The SMILES string of the molecule is OC(c1ccncc1)c1cnccc1C(F)(F)F. The molecule has 2 rings (SSSR count). The van der Waals surface area contributed by atoms with Crippen molar-refractivity contribution in [3.8, 4) is 0 Å². The molecule has 94 valence electrons. The molecule has 1 atom stereocenters. The Labute approximate surface area is 101 Å². The summed E-state index contributed by atoms with van der Waals surface area (Å²) >= 11 is 0. The van der Waals surface area contributed by atoms with Crippen molar-refractivity contribution in [1.29, 1.82) is 0 Å². The number of pyridine rings is 2. The van der Waals surface area contributed by atoms with Gasteiger partial charge in [-0.3, -0.25) is 9.97 Å². The normalized spacial score (nSPS) is 13.3. The van der Waals surface area contributed by atoms with E-state index >= 15 is 0 Å². The zero-order valence-electron chi connectivity index (χ0n) is 9.09. The van der Waals surface area contributed by atoms with Gasteiger partial charge in [0, 0.05) is 30.4 Å². The lowest BCUT2D eigenvalue weighted by Gasteiger charge is -2.16. The Bertz CT molecular complexity index is 528. The summed E-state index contributed by atoms with van der Waals surface area (Å²) < 4.78 is 38.3. The van der Waals surface area contributed by atoms with Crippen LogP contribution in [0.3, 0.4) is 0 Å². The second kappa shape index (κ2) is 4.73. The van der Waals surface area contributed by atoms with Crippen LogP contribution in [0, 0.1) is 0 Å². The molecule has 0 aliphatic carbocycles. The van der Waals surface area contributed by atoms with Gasteiger partial charge in [0.15, 0.2) is 0 Å². The van der Waals surface area contributed by atoms with Gasteiger partial charge in [-0.25, -0.2) is 0 Å². The third kappa shape index (κ3) is 2.48. The van der Waals surface area contributed by atoms with Crippen LogP contribution >= 0.6 is 0 Å². The van der Waals surface area contributed by atoms with Gasteiger partial charge in [0.2, 0.25) is 0 Å². The zero-order chi connectivity index (χ0) is 13.2. The monoisotopic (exact) mass is 254 g/mol. The molecule has 1 unspecified atom stereocenters. The predicted octanol–water partition coefficient (Wildman–Crippen LogP) is 2.58. The van der Waals surface area contributed by atoms with E-state index in [1.165, 1.54) is 24.5 Å². The molecule has 0 aliphatic rings. The molecule has 0 bridgehead atoms. The fourth-order valence-corrected chi connectivity index (χ4v) is 1.61. The predicted molar refractivity (Wildman–Crippen MR) is 57.5 cm³/mol. The van der Waals surface area contributed by atoms with Crippen LogP contribution in [0.1, 0.15) is 22.8 Å². The molecule has 0 radical (unpaired) electrons. The molecule has 0 aromatic carbocycles. The van der Waals surface area contributed by atoms with Gasteiger partial charge in [-0.15, -0.1) is 0 Å². The largest absolute Gasteiger partial charge is 0.416 e. The lowest BCUT2D eigenvalue weighted by Crippen LogP contribution is -2.13. The van der Waals surface area contributed by atoms with E-state index < -0.39 is 17.8 Å². The van der Waals surface area contributed by atoms with E-state index in [4.69, 9.17) is 0 Å². The van der Waals surface area contributed by atoms with Crippen molar-refractivity contribution in [3.05, 3.63) is 59.7 Å². The average molecular weight is 254 g/mol. The second-order valence-corrected chi connectivity index (χ2v) is 3.64. The summed E-state index contributed by atoms with van der Waals surface area (Å²) in [5.74, 6) is 0. The van der Waals surface area contributed by atoms with Crippen LogP contribution in [0.15, 0.2) is 43.0 Å². The van der Waals surface area contributed by atoms with Gasteiger partial charge in [0.25, 0.3) is 0 Å². The molecule has 0 saturated carbocycles. The van der Waals surface area contributed by atoms with E-state index in [0.29, 0.717) is 5.56 Å². The summed E-state index contributed by atoms with van der Waals surface area (Å²) in [6, 6.07) is 3.76. The lowest BCUT2D eigenvalue weighted by atomic mass is 9.99. The third-order valence-corrected chi connectivity index (χ3v) is 2.47. The summed E-state index contributed by atoms with van der Waals surface area (Å²) in [6.45, 7) is 0. The molecule has 0 aliphatic heterocycles. The third-order valence-electron chi connectivity index (χ3n) is 2.47. The van der Waals surface area contributed by atoms with Gasteiger partial charge >= 0.3 is 6.18 Å². The first kappa shape index (κ1) is 12.5. The van der Waals surface area contributed by atoms with Crippen LogP contribution in [-0.4, -0.2) is 15.1 Å². The Morgan fingerprint density at radius 2 is 1.61 bits per heavy atom. The standard InChI is InChI=1S/C12H9F3N2O/c13-12(14,15)10-3-6-17-7-9(10)11(18)8-1-4-16-5-2-8/h1-7,11,18H. The van der Waals surface area contributed by atoms with E-state index in [1.807, 2.05) is 0 Å². The minimum Gasteiger partial charge on any atom is -0.384 e. The number of alkyl halides is 3. The molecule has 2 aromatic rings. The molecule has 0 fully saturated rings. The number of aromatic nitrogens is 2. The molecule has 1 N–H and O–H groups in total. The first-order chi connectivity index (χ1) is 8.50. The Kier molecular flexibility index (Phi) is 3.29. The summed E-state index contributed by atoms with van der Waals surface area (Å²) in [5, 5.41) is 9.97. The number of hydrogen-bond acceptors (Lipinski definition) is 3. The van der Waals surface area contributed by atoms with Crippen LogP contribution in [0.5, 0.6) is 0 Å². The molecule has 0 amide bonds. The van der Waals surface area contributed by atoms with Crippen molar-refractivity contribution in [2.45, 2.75) is 12.3 Å². The Morgan fingerprint density at radius 1 is 1.00 bits per heavy atom. The zero-order valence-corrected chi connectivity index (χ0v) is 9.09. The molecular formula is C12H9F3N2O. The molecule has 2 aromatic heterocycles. The van der Waals surface area contributed by atoms with E-state index in [9.17, 15) is 18.3 Å². The number of nitrogens with zero attached hydrogens (tertiary/aromatic N) is 2. The molecule has 2 heterocycles. The topological polar surface area (TPSA) is 46.0 Å². The highest BCUT2D eigenvalue weighted by Gasteiger charge is 2.35. The summed E-state index contributed by atoms with van der Waals surface area (Å²) in [5.41, 5.74) is -0.818. The minimum atomic E-state index is -4.52. The maximum atomic E-state index is 12.8. The quantitative estimate of drug-likeness (QED) is 0.895. The molecule has 6 heteroatoms. The van der Waals surface area contributed by atoms with Crippen LogP contribution < -0.4 is 0 Å². The summed E-state index contributed by atoms with van der Waals surface area (Å²) in [7, 11) is 0. The highest BCUT2D eigenvalue weighted by atomic mass is 19.4. The van der Waals surface area contributed by atoms with Crippen LogP contribution in [-0.2, 0) is 6.18 Å². The number of rotatable bonds is 2. The van der Waals surface area contributed by atoms with Crippen molar-refractivity contribution in [3.63, 3.8) is 0 Å². The smallest absolute Gasteiger partial charge is 0.384 e. The van der Waals surface area contributed by atoms with Crippen molar-refractivity contribution >= 4 is 0 Å². The van der Waals surface area contributed by atoms with Crippen molar-refractivity contribution < 1.29 is 18.3 Å². The van der Waals surface area contributed by atoms with Crippen molar-refractivity contribution in [1.82, 2.24) is 9.97 Å². The van der Waals surface area contributed by atoms with Crippen LogP contribution in [0.4, 0.5) is 13.2 Å². The Hall–Kier alpha value is -1.95. The number of hydrogen-bond donors (Lipinski definition) is 1. The number of aliphatic hydroxyl groups is 1. The van der Waals surface area contributed by atoms with Crippen molar-refractivity contribution in [2.75, 3.05) is 0 Å². The maximum Gasteiger partial charge on any atom is 0.416 e. The van der Waals surface area contributed by atoms with E-state index in [-0.39, 0.29) is 5.56 Å². The summed E-state index contributed by atoms with van der Waals surface area (Å²) in [4.78, 5) is 7.37. The molecule has 0 saturated heterocycles. The van der Waals surface area contributed by atoms with Crippen LogP contribution in [0.25, 0.3) is 0 Å². The fourth-order valence-electron chi connectivity index (χ4n) is 1.61. The second-order valence-electron chi connectivity index (χ2n) is 3.64. The van der Waals surface area contributed by atoms with Crippen LogP contribution in [0.2, 0.25) is 0 Å². The summed E-state index contributed by atoms with van der Waals surface area (Å²) in [6.07, 6.45) is -1.02. The van der Waals surface area contributed by atoms with E-state index in [1.54, 1.807) is 0 Å². The van der Waals surface area contributed by atoms with Gasteiger partial charge in [0.1, 0.15) is 6.10 Å².